The molecule has 0 radical (unpaired) electrons. The zero-order valence-electron chi connectivity index (χ0n) is 8.80. The number of pyridine rings is 1. The molecule has 1 N–H and O–H groups in total. The van der Waals surface area contributed by atoms with E-state index in [1.165, 1.54) is 5.01 Å². The summed E-state index contributed by atoms with van der Waals surface area (Å²) in [5.74, 6) is 3.01. The fourth-order valence-corrected chi connectivity index (χ4v) is 2.76. The Morgan fingerprint density at radius 3 is 3.00 bits per heavy atom. The summed E-state index contributed by atoms with van der Waals surface area (Å²) in [6.45, 7) is 0.938. The first kappa shape index (κ1) is 11.4. The zero-order valence-corrected chi connectivity index (χ0v) is 10.4. The van der Waals surface area contributed by atoms with Crippen molar-refractivity contribution in [3.8, 4) is 0 Å². The normalized spacial score (nSPS) is 10.2. The van der Waals surface area contributed by atoms with Crippen LogP contribution in [0.3, 0.4) is 0 Å². The Kier molecular flexibility index (Phi) is 4.64. The zero-order chi connectivity index (χ0) is 11.1. The lowest BCUT2D eigenvalue weighted by atomic mass is 10.4. The number of anilines is 1. The second-order valence-corrected chi connectivity index (χ2v) is 5.20. The maximum absolute atomic E-state index is 4.24. The highest BCUT2D eigenvalue weighted by Gasteiger charge is 1.96. The van der Waals surface area contributed by atoms with Gasteiger partial charge in [-0.3, -0.25) is 0 Å². The quantitative estimate of drug-likeness (QED) is 0.801. The van der Waals surface area contributed by atoms with Gasteiger partial charge in [0.25, 0.3) is 0 Å². The van der Waals surface area contributed by atoms with Crippen molar-refractivity contribution in [3.63, 3.8) is 0 Å². The van der Waals surface area contributed by atoms with Crippen LogP contribution in [0.4, 0.5) is 5.82 Å². The van der Waals surface area contributed by atoms with Crippen molar-refractivity contribution in [1.82, 2.24) is 9.97 Å². The molecule has 2 aromatic heterocycles. The summed E-state index contributed by atoms with van der Waals surface area (Å²) in [5, 5.41) is 6.49. The molecule has 2 aromatic rings. The molecule has 5 heteroatoms. The van der Waals surface area contributed by atoms with E-state index >= 15 is 0 Å². The van der Waals surface area contributed by atoms with Gasteiger partial charge in [0, 0.05) is 35.8 Å². The number of thioether (sulfide) groups is 1. The van der Waals surface area contributed by atoms with Crippen LogP contribution in [-0.2, 0) is 5.75 Å². The predicted molar refractivity (Wildman–Crippen MR) is 71.0 cm³/mol. The van der Waals surface area contributed by atoms with Crippen LogP contribution < -0.4 is 5.32 Å². The van der Waals surface area contributed by atoms with Crippen LogP contribution in [0.15, 0.2) is 36.0 Å². The largest absolute Gasteiger partial charge is 0.369 e. The van der Waals surface area contributed by atoms with E-state index in [2.05, 4.69) is 15.3 Å². The minimum atomic E-state index is 0.938. The molecule has 0 fully saturated rings. The molecule has 0 saturated heterocycles. The Bertz CT molecular complexity index is 389. The summed E-state index contributed by atoms with van der Waals surface area (Å²) in [5.41, 5.74) is 0. The third-order valence-electron chi connectivity index (χ3n) is 1.93. The van der Waals surface area contributed by atoms with Crippen molar-refractivity contribution in [2.24, 2.45) is 0 Å². The second kappa shape index (κ2) is 6.50. The van der Waals surface area contributed by atoms with Crippen LogP contribution in [0.1, 0.15) is 5.01 Å². The average molecular weight is 251 g/mol. The fourth-order valence-electron chi connectivity index (χ4n) is 1.20. The van der Waals surface area contributed by atoms with Gasteiger partial charge in [0.2, 0.25) is 0 Å². The van der Waals surface area contributed by atoms with Gasteiger partial charge < -0.3 is 5.32 Å². The van der Waals surface area contributed by atoms with E-state index in [4.69, 9.17) is 0 Å². The van der Waals surface area contributed by atoms with Gasteiger partial charge in [0.05, 0.1) is 0 Å². The van der Waals surface area contributed by atoms with Crippen molar-refractivity contribution < 1.29 is 0 Å². The Labute approximate surface area is 103 Å². The summed E-state index contributed by atoms with van der Waals surface area (Å²) in [7, 11) is 0. The van der Waals surface area contributed by atoms with Crippen LogP contribution in [0.25, 0.3) is 0 Å². The van der Waals surface area contributed by atoms with Crippen molar-refractivity contribution in [1.29, 1.82) is 0 Å². The molecule has 16 heavy (non-hydrogen) atoms. The molecule has 0 unspecified atom stereocenters. The monoisotopic (exact) mass is 251 g/mol. The Morgan fingerprint density at radius 2 is 2.25 bits per heavy atom. The molecule has 0 saturated carbocycles. The standard InChI is InChI=1S/C11H13N3S2/c1-2-4-12-10(3-1)13-5-7-15-9-11-14-6-8-16-11/h1-4,6,8H,5,7,9H2,(H,12,13). The van der Waals surface area contributed by atoms with Gasteiger partial charge in [-0.1, -0.05) is 6.07 Å². The topological polar surface area (TPSA) is 37.8 Å². The molecule has 0 spiro atoms. The third-order valence-corrected chi connectivity index (χ3v) is 3.86. The highest BCUT2D eigenvalue weighted by molar-refractivity contribution is 7.98. The van der Waals surface area contributed by atoms with Gasteiger partial charge in [-0.2, -0.15) is 11.8 Å². The van der Waals surface area contributed by atoms with Gasteiger partial charge in [-0.25, -0.2) is 9.97 Å². The van der Waals surface area contributed by atoms with E-state index < -0.39 is 0 Å². The van der Waals surface area contributed by atoms with Crippen molar-refractivity contribution in [3.05, 3.63) is 41.0 Å². The summed E-state index contributed by atoms with van der Waals surface area (Å²) < 4.78 is 0. The maximum atomic E-state index is 4.24. The van der Waals surface area contributed by atoms with Crippen LogP contribution in [-0.4, -0.2) is 22.3 Å². The smallest absolute Gasteiger partial charge is 0.125 e. The molecule has 0 aliphatic carbocycles. The van der Waals surface area contributed by atoms with E-state index in [9.17, 15) is 0 Å². The first-order chi connectivity index (χ1) is 7.95. The molecular formula is C11H13N3S2. The van der Waals surface area contributed by atoms with Crippen molar-refractivity contribution >= 4 is 28.9 Å². The molecule has 0 aliphatic heterocycles. The minimum absolute atomic E-state index is 0.938. The maximum Gasteiger partial charge on any atom is 0.125 e. The number of thiazole rings is 1. The van der Waals surface area contributed by atoms with Crippen LogP contribution in [0.2, 0.25) is 0 Å². The number of aromatic nitrogens is 2. The van der Waals surface area contributed by atoms with Crippen molar-refractivity contribution in [2.45, 2.75) is 5.75 Å². The van der Waals surface area contributed by atoms with Gasteiger partial charge in [0.1, 0.15) is 10.8 Å². The van der Waals surface area contributed by atoms with Gasteiger partial charge >= 0.3 is 0 Å². The first-order valence-electron chi connectivity index (χ1n) is 5.06. The highest BCUT2D eigenvalue weighted by Crippen LogP contribution is 2.13. The first-order valence-corrected chi connectivity index (χ1v) is 7.09. The molecule has 2 rings (SSSR count). The molecule has 3 nitrogen and oxygen atoms in total. The van der Waals surface area contributed by atoms with E-state index in [1.807, 2.05) is 41.5 Å². The van der Waals surface area contributed by atoms with Gasteiger partial charge in [-0.15, -0.1) is 11.3 Å². The molecule has 0 aliphatic rings. The number of rotatable bonds is 6. The molecule has 2 heterocycles. The van der Waals surface area contributed by atoms with E-state index in [0.717, 1.165) is 23.9 Å². The molecule has 0 bridgehead atoms. The Hall–Kier alpha value is -1.07. The van der Waals surface area contributed by atoms with Crippen LogP contribution >= 0.6 is 23.1 Å². The summed E-state index contributed by atoms with van der Waals surface area (Å²) in [4.78, 5) is 8.43. The lowest BCUT2D eigenvalue weighted by Gasteiger charge is -2.03. The van der Waals surface area contributed by atoms with Crippen molar-refractivity contribution in [2.75, 3.05) is 17.6 Å². The molecule has 0 atom stereocenters. The fraction of sp³-hybridized carbons (Fsp3) is 0.273. The molecule has 0 amide bonds. The number of nitrogens with one attached hydrogen (secondary N) is 1. The third kappa shape index (κ3) is 3.83. The highest BCUT2D eigenvalue weighted by atomic mass is 32.2. The SMILES string of the molecule is c1ccc(NCCSCc2nccs2)nc1. The summed E-state index contributed by atoms with van der Waals surface area (Å²) >= 11 is 3.60. The number of hydrogen-bond acceptors (Lipinski definition) is 5. The Morgan fingerprint density at radius 1 is 1.25 bits per heavy atom. The van der Waals surface area contributed by atoms with Crippen LogP contribution in [0.5, 0.6) is 0 Å². The second-order valence-electron chi connectivity index (χ2n) is 3.12. The minimum Gasteiger partial charge on any atom is -0.369 e. The Balaban J connectivity index is 1.59. The molecular weight excluding hydrogens is 238 g/mol. The number of nitrogens with zero attached hydrogens (tertiary/aromatic N) is 2. The number of hydrogen-bond donors (Lipinski definition) is 1. The van der Waals surface area contributed by atoms with Gasteiger partial charge in [-0.05, 0) is 12.1 Å². The average Bonchev–Trinajstić information content (AvgIpc) is 2.83. The summed E-state index contributed by atoms with van der Waals surface area (Å²) in [6, 6.07) is 5.88. The molecule has 84 valence electrons. The van der Waals surface area contributed by atoms with Gasteiger partial charge in [0.15, 0.2) is 0 Å². The lowest BCUT2D eigenvalue weighted by molar-refractivity contribution is 1.16. The van der Waals surface area contributed by atoms with Crippen LogP contribution in [0, 0.1) is 0 Å². The van der Waals surface area contributed by atoms with E-state index in [0.29, 0.717) is 0 Å². The molecule has 0 aromatic carbocycles. The lowest BCUT2D eigenvalue weighted by Crippen LogP contribution is -2.05. The predicted octanol–water partition coefficient (Wildman–Crippen LogP) is 2.88. The van der Waals surface area contributed by atoms with E-state index in [1.54, 1.807) is 17.5 Å². The summed E-state index contributed by atoms with van der Waals surface area (Å²) in [6.07, 6.45) is 3.65. The van der Waals surface area contributed by atoms with E-state index in [-0.39, 0.29) is 0 Å².